The number of halogens is 1. The van der Waals surface area contributed by atoms with Gasteiger partial charge in [-0.05, 0) is 19.1 Å². The Hall–Kier alpha value is -1.99. The van der Waals surface area contributed by atoms with E-state index in [1.54, 1.807) is 31.2 Å². The molecule has 1 aromatic carbocycles. The van der Waals surface area contributed by atoms with Gasteiger partial charge in [-0.3, -0.25) is 4.79 Å². The van der Waals surface area contributed by atoms with Gasteiger partial charge in [0, 0.05) is 6.07 Å². The summed E-state index contributed by atoms with van der Waals surface area (Å²) in [5.41, 5.74) is 11.7. The molecule has 0 radical (unpaired) electrons. The number of nitrogen functional groups attached to an aromatic ring is 2. The molecule has 1 aromatic heterocycles. The zero-order valence-corrected chi connectivity index (χ0v) is 12.8. The molecule has 0 aliphatic rings. The van der Waals surface area contributed by atoms with Gasteiger partial charge in [-0.15, -0.1) is 0 Å². The van der Waals surface area contributed by atoms with Crippen molar-refractivity contribution >= 4 is 46.6 Å². The molecular formula is C13H14ClN5OS. The number of nitrogens with one attached hydrogen (secondary N) is 1. The van der Waals surface area contributed by atoms with Crippen LogP contribution in [0.1, 0.15) is 6.92 Å². The summed E-state index contributed by atoms with van der Waals surface area (Å²) in [6.45, 7) is 1.74. The summed E-state index contributed by atoms with van der Waals surface area (Å²) < 4.78 is 0. The number of carbonyl (C=O) groups excluding carboxylic acids is 1. The maximum Gasteiger partial charge on any atom is 0.237 e. The van der Waals surface area contributed by atoms with Crippen LogP contribution in [0.4, 0.5) is 17.3 Å². The van der Waals surface area contributed by atoms with E-state index in [2.05, 4.69) is 15.3 Å². The van der Waals surface area contributed by atoms with Crippen LogP contribution >= 0.6 is 23.4 Å². The lowest BCUT2D eigenvalue weighted by Crippen LogP contribution is -2.23. The second-order valence-corrected chi connectivity index (χ2v) is 5.94. The first-order valence-corrected chi connectivity index (χ1v) is 7.33. The average Bonchev–Trinajstić information content (AvgIpc) is 2.40. The number of benzene rings is 1. The number of nitrogens with zero attached hydrogens (tertiary/aromatic N) is 2. The standard InChI is InChI=1S/C13H14ClN5OS/c1-7(21-13-18-10(15)6-11(16)19-13)12(20)17-9-5-3-2-4-8(9)14/h2-7H,1H3,(H,17,20)(H4,15,16,18,19). The summed E-state index contributed by atoms with van der Waals surface area (Å²) in [5.74, 6) is 0.324. The fourth-order valence-electron chi connectivity index (χ4n) is 1.52. The summed E-state index contributed by atoms with van der Waals surface area (Å²) in [5, 5.41) is 3.16. The molecule has 1 amide bonds. The minimum absolute atomic E-state index is 0.210. The van der Waals surface area contributed by atoms with Crippen molar-refractivity contribution in [2.75, 3.05) is 16.8 Å². The van der Waals surface area contributed by atoms with Gasteiger partial charge in [-0.25, -0.2) is 9.97 Å². The van der Waals surface area contributed by atoms with Crippen LogP contribution in [0.5, 0.6) is 0 Å². The number of nitrogens with two attached hydrogens (primary N) is 2. The van der Waals surface area contributed by atoms with E-state index in [4.69, 9.17) is 23.1 Å². The molecule has 6 nitrogen and oxygen atoms in total. The molecular weight excluding hydrogens is 310 g/mol. The fraction of sp³-hybridized carbons (Fsp3) is 0.154. The molecule has 1 heterocycles. The predicted octanol–water partition coefficient (Wildman–Crippen LogP) is 2.41. The average molecular weight is 324 g/mol. The van der Waals surface area contributed by atoms with Crippen LogP contribution in [0.25, 0.3) is 0 Å². The molecule has 1 unspecified atom stereocenters. The number of para-hydroxylation sites is 1. The number of rotatable bonds is 4. The summed E-state index contributed by atoms with van der Waals surface area (Å²) in [4.78, 5) is 20.2. The fourth-order valence-corrected chi connectivity index (χ4v) is 2.50. The van der Waals surface area contributed by atoms with Crippen molar-refractivity contribution in [1.82, 2.24) is 9.97 Å². The minimum Gasteiger partial charge on any atom is -0.383 e. The minimum atomic E-state index is -0.428. The monoisotopic (exact) mass is 323 g/mol. The van der Waals surface area contributed by atoms with Crippen LogP contribution in [0, 0.1) is 0 Å². The van der Waals surface area contributed by atoms with E-state index in [0.29, 0.717) is 15.9 Å². The predicted molar refractivity (Wildman–Crippen MR) is 86.3 cm³/mol. The van der Waals surface area contributed by atoms with Crippen LogP contribution < -0.4 is 16.8 Å². The Morgan fingerprint density at radius 2 is 1.90 bits per heavy atom. The van der Waals surface area contributed by atoms with Gasteiger partial charge in [0.1, 0.15) is 11.6 Å². The second-order valence-electron chi connectivity index (χ2n) is 4.23. The van der Waals surface area contributed by atoms with Gasteiger partial charge in [0.25, 0.3) is 0 Å². The Kier molecular flexibility index (Phi) is 4.87. The van der Waals surface area contributed by atoms with Crippen molar-refractivity contribution in [3.63, 3.8) is 0 Å². The molecule has 8 heteroatoms. The van der Waals surface area contributed by atoms with Crippen molar-refractivity contribution in [1.29, 1.82) is 0 Å². The molecule has 0 bridgehead atoms. The zero-order valence-electron chi connectivity index (χ0n) is 11.2. The third-order valence-corrected chi connectivity index (χ3v) is 3.82. The topological polar surface area (TPSA) is 107 Å². The van der Waals surface area contributed by atoms with Gasteiger partial charge >= 0.3 is 0 Å². The van der Waals surface area contributed by atoms with Crippen LogP contribution in [-0.4, -0.2) is 21.1 Å². The molecule has 2 aromatic rings. The third-order valence-electron chi connectivity index (χ3n) is 2.53. The summed E-state index contributed by atoms with van der Waals surface area (Å²) in [6, 6.07) is 8.47. The summed E-state index contributed by atoms with van der Waals surface area (Å²) in [7, 11) is 0. The maximum absolute atomic E-state index is 12.1. The molecule has 0 aliphatic heterocycles. The molecule has 0 saturated heterocycles. The molecule has 0 spiro atoms. The first-order valence-electron chi connectivity index (χ1n) is 6.08. The van der Waals surface area contributed by atoms with Crippen LogP contribution in [0.2, 0.25) is 5.02 Å². The Morgan fingerprint density at radius 1 is 1.29 bits per heavy atom. The Balaban J connectivity index is 2.04. The quantitative estimate of drug-likeness (QED) is 0.589. The van der Waals surface area contributed by atoms with E-state index in [1.165, 1.54) is 17.8 Å². The first kappa shape index (κ1) is 15.4. The molecule has 0 aliphatic carbocycles. The lowest BCUT2D eigenvalue weighted by molar-refractivity contribution is -0.115. The van der Waals surface area contributed by atoms with Gasteiger partial charge in [0.05, 0.1) is 16.0 Å². The van der Waals surface area contributed by atoms with Gasteiger partial charge < -0.3 is 16.8 Å². The molecule has 0 fully saturated rings. The SMILES string of the molecule is CC(Sc1nc(N)cc(N)n1)C(=O)Nc1ccccc1Cl. The van der Waals surface area contributed by atoms with E-state index >= 15 is 0 Å². The van der Waals surface area contributed by atoms with Gasteiger partial charge in [-0.1, -0.05) is 35.5 Å². The molecule has 110 valence electrons. The molecule has 0 saturated carbocycles. The second kappa shape index (κ2) is 6.64. The van der Waals surface area contributed by atoms with Crippen molar-refractivity contribution in [3.8, 4) is 0 Å². The zero-order chi connectivity index (χ0) is 15.4. The highest BCUT2D eigenvalue weighted by Gasteiger charge is 2.17. The molecule has 1 atom stereocenters. The Labute approximate surface area is 131 Å². The number of hydrogen-bond acceptors (Lipinski definition) is 6. The van der Waals surface area contributed by atoms with Gasteiger partial charge in [0.15, 0.2) is 5.16 Å². The molecule has 2 rings (SSSR count). The van der Waals surface area contributed by atoms with E-state index in [0.717, 1.165) is 0 Å². The van der Waals surface area contributed by atoms with Gasteiger partial charge in [-0.2, -0.15) is 0 Å². The van der Waals surface area contributed by atoms with Crippen LogP contribution in [-0.2, 0) is 4.79 Å². The highest BCUT2D eigenvalue weighted by Crippen LogP contribution is 2.25. The summed E-state index contributed by atoms with van der Waals surface area (Å²) in [6.07, 6.45) is 0. The third kappa shape index (κ3) is 4.24. The normalized spacial score (nSPS) is 11.9. The van der Waals surface area contributed by atoms with Crippen LogP contribution in [0.3, 0.4) is 0 Å². The largest absolute Gasteiger partial charge is 0.383 e. The van der Waals surface area contributed by atoms with Crippen molar-refractivity contribution in [3.05, 3.63) is 35.4 Å². The van der Waals surface area contributed by atoms with Crippen molar-refractivity contribution in [2.24, 2.45) is 0 Å². The van der Waals surface area contributed by atoms with Crippen molar-refractivity contribution in [2.45, 2.75) is 17.3 Å². The smallest absolute Gasteiger partial charge is 0.237 e. The van der Waals surface area contributed by atoms with Gasteiger partial charge in [0.2, 0.25) is 5.91 Å². The number of thioether (sulfide) groups is 1. The summed E-state index contributed by atoms with van der Waals surface area (Å²) >= 11 is 7.16. The van der Waals surface area contributed by atoms with Crippen molar-refractivity contribution < 1.29 is 4.79 Å². The highest BCUT2D eigenvalue weighted by molar-refractivity contribution is 8.00. The number of carbonyl (C=O) groups is 1. The first-order chi connectivity index (χ1) is 9.95. The lowest BCUT2D eigenvalue weighted by atomic mass is 10.3. The van der Waals surface area contributed by atoms with E-state index in [-0.39, 0.29) is 17.5 Å². The Morgan fingerprint density at radius 3 is 2.52 bits per heavy atom. The lowest BCUT2D eigenvalue weighted by Gasteiger charge is -2.12. The van der Waals surface area contributed by atoms with E-state index in [1.807, 2.05) is 0 Å². The van der Waals surface area contributed by atoms with E-state index in [9.17, 15) is 4.79 Å². The van der Waals surface area contributed by atoms with E-state index < -0.39 is 5.25 Å². The number of aromatic nitrogens is 2. The Bertz CT molecular complexity index is 647. The highest BCUT2D eigenvalue weighted by atomic mass is 35.5. The number of amides is 1. The number of hydrogen-bond donors (Lipinski definition) is 3. The maximum atomic E-state index is 12.1. The number of anilines is 3. The molecule has 5 N–H and O–H groups in total. The van der Waals surface area contributed by atoms with Crippen LogP contribution in [0.15, 0.2) is 35.5 Å². The molecule has 21 heavy (non-hydrogen) atoms.